The van der Waals surface area contributed by atoms with E-state index in [0.717, 1.165) is 35.5 Å². The first-order chi connectivity index (χ1) is 9.29. The molecule has 3 rings (SSSR count). The zero-order valence-electron chi connectivity index (χ0n) is 11.5. The average Bonchev–Trinajstić information content (AvgIpc) is 2.85. The number of nitrogens with one attached hydrogen (secondary N) is 1. The maximum atomic E-state index is 6.20. The van der Waals surface area contributed by atoms with E-state index < -0.39 is 0 Å². The van der Waals surface area contributed by atoms with Crippen LogP contribution in [0.4, 0.5) is 5.82 Å². The van der Waals surface area contributed by atoms with E-state index in [1.165, 1.54) is 32.1 Å². The molecule has 2 unspecified atom stereocenters. The smallest absolute Gasteiger partial charge is 0.129 e. The summed E-state index contributed by atoms with van der Waals surface area (Å²) in [4.78, 5) is 7.28. The van der Waals surface area contributed by atoms with E-state index in [-0.39, 0.29) is 0 Å². The SMILES string of the molecule is CNCc1nc(N2CCC3CCCCC32)ccc1Cl. The lowest BCUT2D eigenvalue weighted by Gasteiger charge is -2.32. The molecule has 1 saturated carbocycles. The summed E-state index contributed by atoms with van der Waals surface area (Å²) in [5, 5.41) is 3.90. The second-order valence-corrected chi connectivity index (χ2v) is 6.13. The Kier molecular flexibility index (Phi) is 3.94. The summed E-state index contributed by atoms with van der Waals surface area (Å²) in [5.74, 6) is 2.00. The summed E-state index contributed by atoms with van der Waals surface area (Å²) < 4.78 is 0. The first-order valence-corrected chi connectivity index (χ1v) is 7.74. The Morgan fingerprint density at radius 1 is 1.32 bits per heavy atom. The standard InChI is InChI=1S/C15H22ClN3/c1-17-10-13-12(16)6-7-15(18-13)19-9-8-11-4-2-3-5-14(11)19/h6-7,11,14,17H,2-5,8-10H2,1H3. The second-order valence-electron chi connectivity index (χ2n) is 5.72. The number of hydrogen-bond acceptors (Lipinski definition) is 3. The Morgan fingerprint density at radius 3 is 3.00 bits per heavy atom. The van der Waals surface area contributed by atoms with Crippen LogP contribution in [0.1, 0.15) is 37.8 Å². The summed E-state index contributed by atoms with van der Waals surface area (Å²) in [6, 6.07) is 4.79. The average molecular weight is 280 g/mol. The number of hydrogen-bond donors (Lipinski definition) is 1. The molecule has 1 aromatic rings. The summed E-state index contributed by atoms with van der Waals surface area (Å²) in [5.41, 5.74) is 0.959. The van der Waals surface area contributed by atoms with Gasteiger partial charge < -0.3 is 10.2 Å². The highest BCUT2D eigenvalue weighted by atomic mass is 35.5. The number of anilines is 1. The van der Waals surface area contributed by atoms with Gasteiger partial charge in [-0.2, -0.15) is 0 Å². The number of nitrogens with zero attached hydrogens (tertiary/aromatic N) is 2. The van der Waals surface area contributed by atoms with Crippen LogP contribution in [0.3, 0.4) is 0 Å². The Hall–Kier alpha value is -0.800. The Balaban J connectivity index is 1.83. The van der Waals surface area contributed by atoms with Crippen molar-refractivity contribution in [3.63, 3.8) is 0 Å². The van der Waals surface area contributed by atoms with Crippen LogP contribution in [0.25, 0.3) is 0 Å². The third-order valence-corrected chi connectivity index (χ3v) is 4.90. The van der Waals surface area contributed by atoms with Gasteiger partial charge >= 0.3 is 0 Å². The number of fused-ring (bicyclic) bond motifs is 1. The topological polar surface area (TPSA) is 28.2 Å². The molecular weight excluding hydrogens is 258 g/mol. The van der Waals surface area contributed by atoms with Gasteiger partial charge in [-0.1, -0.05) is 24.4 Å². The molecule has 4 heteroatoms. The van der Waals surface area contributed by atoms with Gasteiger partial charge in [-0.25, -0.2) is 4.98 Å². The highest BCUT2D eigenvalue weighted by Crippen LogP contribution is 2.38. The number of halogens is 1. The first-order valence-electron chi connectivity index (χ1n) is 7.36. The minimum Gasteiger partial charge on any atom is -0.353 e. The van der Waals surface area contributed by atoms with Crippen LogP contribution in [-0.4, -0.2) is 24.6 Å². The van der Waals surface area contributed by atoms with E-state index in [9.17, 15) is 0 Å². The summed E-state index contributed by atoms with van der Waals surface area (Å²) in [7, 11) is 1.93. The van der Waals surface area contributed by atoms with E-state index in [1.807, 2.05) is 13.1 Å². The van der Waals surface area contributed by atoms with E-state index >= 15 is 0 Å². The van der Waals surface area contributed by atoms with Crippen molar-refractivity contribution in [3.8, 4) is 0 Å². The van der Waals surface area contributed by atoms with Crippen LogP contribution in [-0.2, 0) is 6.54 Å². The van der Waals surface area contributed by atoms with Gasteiger partial charge in [0.15, 0.2) is 0 Å². The minimum absolute atomic E-state index is 0.713. The molecule has 2 aliphatic rings. The van der Waals surface area contributed by atoms with Crippen molar-refractivity contribution in [1.82, 2.24) is 10.3 Å². The van der Waals surface area contributed by atoms with Crippen molar-refractivity contribution >= 4 is 17.4 Å². The lowest BCUT2D eigenvalue weighted by atomic mass is 9.85. The van der Waals surface area contributed by atoms with Crippen LogP contribution in [0, 0.1) is 5.92 Å². The molecule has 0 spiro atoms. The molecule has 19 heavy (non-hydrogen) atoms. The van der Waals surface area contributed by atoms with Gasteiger partial charge in [0, 0.05) is 19.1 Å². The fourth-order valence-electron chi connectivity index (χ4n) is 3.61. The van der Waals surface area contributed by atoms with E-state index in [1.54, 1.807) is 0 Å². The zero-order valence-corrected chi connectivity index (χ0v) is 12.3. The largest absolute Gasteiger partial charge is 0.353 e. The predicted molar refractivity (Wildman–Crippen MR) is 79.7 cm³/mol. The van der Waals surface area contributed by atoms with Gasteiger partial charge in [0.25, 0.3) is 0 Å². The molecular formula is C15H22ClN3. The van der Waals surface area contributed by atoms with Crippen LogP contribution >= 0.6 is 11.6 Å². The lowest BCUT2D eigenvalue weighted by Crippen LogP contribution is -2.35. The maximum absolute atomic E-state index is 6.20. The second kappa shape index (κ2) is 5.68. The van der Waals surface area contributed by atoms with Gasteiger partial charge in [-0.15, -0.1) is 0 Å². The molecule has 3 nitrogen and oxygen atoms in total. The molecule has 0 radical (unpaired) electrons. The van der Waals surface area contributed by atoms with Crippen LogP contribution in [0.5, 0.6) is 0 Å². The fourth-order valence-corrected chi connectivity index (χ4v) is 3.79. The predicted octanol–water partition coefficient (Wildman–Crippen LogP) is 3.22. The van der Waals surface area contributed by atoms with Crippen LogP contribution in [0.15, 0.2) is 12.1 Å². The molecule has 2 heterocycles. The highest BCUT2D eigenvalue weighted by molar-refractivity contribution is 6.31. The molecule has 1 saturated heterocycles. The van der Waals surface area contributed by atoms with Crippen molar-refractivity contribution in [2.45, 2.75) is 44.7 Å². The zero-order chi connectivity index (χ0) is 13.2. The van der Waals surface area contributed by atoms with Crippen molar-refractivity contribution in [2.24, 2.45) is 5.92 Å². The monoisotopic (exact) mass is 279 g/mol. The first kappa shape index (κ1) is 13.2. The number of aromatic nitrogens is 1. The van der Waals surface area contributed by atoms with Crippen molar-refractivity contribution in [2.75, 3.05) is 18.5 Å². The number of pyridine rings is 1. The molecule has 1 aliphatic heterocycles. The lowest BCUT2D eigenvalue weighted by molar-refractivity contribution is 0.341. The number of rotatable bonds is 3. The molecule has 0 amide bonds. The van der Waals surface area contributed by atoms with Crippen molar-refractivity contribution in [3.05, 3.63) is 22.8 Å². The molecule has 2 fully saturated rings. The molecule has 1 N–H and O–H groups in total. The summed E-state index contributed by atoms with van der Waals surface area (Å²) in [6.45, 7) is 1.89. The van der Waals surface area contributed by atoms with Crippen LogP contribution in [0.2, 0.25) is 5.02 Å². The normalized spacial score (nSPS) is 26.5. The van der Waals surface area contributed by atoms with Gasteiger partial charge in [0.1, 0.15) is 5.82 Å². The van der Waals surface area contributed by atoms with Gasteiger partial charge in [-0.3, -0.25) is 0 Å². The van der Waals surface area contributed by atoms with Crippen molar-refractivity contribution in [1.29, 1.82) is 0 Å². The minimum atomic E-state index is 0.713. The van der Waals surface area contributed by atoms with Gasteiger partial charge in [-0.05, 0) is 44.4 Å². The van der Waals surface area contributed by atoms with E-state index in [2.05, 4.69) is 16.3 Å². The Bertz CT molecular complexity index is 449. The van der Waals surface area contributed by atoms with Gasteiger partial charge in [0.2, 0.25) is 0 Å². The maximum Gasteiger partial charge on any atom is 0.129 e. The molecule has 1 aliphatic carbocycles. The molecule has 0 bridgehead atoms. The molecule has 104 valence electrons. The fraction of sp³-hybridized carbons (Fsp3) is 0.667. The summed E-state index contributed by atoms with van der Waals surface area (Å²) in [6.07, 6.45) is 6.84. The third kappa shape index (κ3) is 2.59. The molecule has 2 atom stereocenters. The van der Waals surface area contributed by atoms with Crippen molar-refractivity contribution < 1.29 is 0 Å². The van der Waals surface area contributed by atoms with Crippen LogP contribution < -0.4 is 10.2 Å². The highest BCUT2D eigenvalue weighted by Gasteiger charge is 2.36. The third-order valence-electron chi connectivity index (χ3n) is 4.55. The summed E-state index contributed by atoms with van der Waals surface area (Å²) >= 11 is 6.20. The van der Waals surface area contributed by atoms with E-state index in [4.69, 9.17) is 16.6 Å². The Labute approximate surface area is 120 Å². The Morgan fingerprint density at radius 2 is 2.16 bits per heavy atom. The van der Waals surface area contributed by atoms with E-state index in [0.29, 0.717) is 6.04 Å². The van der Waals surface area contributed by atoms with Gasteiger partial charge in [0.05, 0.1) is 10.7 Å². The molecule has 1 aromatic heterocycles. The molecule has 0 aromatic carbocycles. The quantitative estimate of drug-likeness (QED) is 0.921.